The monoisotopic (exact) mass is 522 g/mol. The molecule has 0 saturated heterocycles. The van der Waals surface area contributed by atoms with Gasteiger partial charge >= 0.3 is 0 Å². The van der Waals surface area contributed by atoms with Crippen LogP contribution in [-0.4, -0.2) is 36.9 Å². The van der Waals surface area contributed by atoms with Crippen molar-refractivity contribution < 1.29 is 14.3 Å². The summed E-state index contributed by atoms with van der Waals surface area (Å²) in [5, 5.41) is 2.94. The molecule has 2 rings (SSSR count). The van der Waals surface area contributed by atoms with Crippen LogP contribution in [0.5, 0.6) is 5.75 Å². The van der Waals surface area contributed by atoms with Gasteiger partial charge in [-0.15, -0.1) is 0 Å². The average Bonchev–Trinajstić information content (AvgIpc) is 2.91. The Labute approximate surface area is 232 Å². The van der Waals surface area contributed by atoms with Gasteiger partial charge in [0.05, 0.1) is 12.8 Å². The fourth-order valence-corrected chi connectivity index (χ4v) is 3.50. The van der Waals surface area contributed by atoms with E-state index in [0.717, 1.165) is 41.9 Å². The van der Waals surface area contributed by atoms with Crippen LogP contribution in [0.15, 0.2) is 53.6 Å². The first-order valence-corrected chi connectivity index (χ1v) is 13.7. The van der Waals surface area contributed by atoms with E-state index in [1.54, 1.807) is 14.0 Å². The summed E-state index contributed by atoms with van der Waals surface area (Å²) in [6.07, 6.45) is 4.69. The number of hydrogen-bond acceptors (Lipinski definition) is 3. The van der Waals surface area contributed by atoms with Crippen molar-refractivity contribution in [3.63, 3.8) is 0 Å². The Balaban J connectivity index is 0.000000709. The quantitative estimate of drug-likeness (QED) is 0.281. The summed E-state index contributed by atoms with van der Waals surface area (Å²) in [5.74, 6) is 0.719. The lowest BCUT2D eigenvalue weighted by atomic mass is 10.1. The number of anilines is 1. The number of aryl methyl sites for hydroxylation is 4. The minimum Gasteiger partial charge on any atom is -0.495 e. The molecule has 2 amide bonds. The molecular formula is C33H50N2O3. The molecule has 38 heavy (non-hydrogen) atoms. The van der Waals surface area contributed by atoms with Crippen molar-refractivity contribution in [2.45, 2.75) is 82.6 Å². The summed E-state index contributed by atoms with van der Waals surface area (Å²) in [6.45, 7) is 23.5. The van der Waals surface area contributed by atoms with Crippen molar-refractivity contribution >= 4 is 17.5 Å². The third-order valence-corrected chi connectivity index (χ3v) is 6.06. The Kier molecular flexibility index (Phi) is 16.4. The van der Waals surface area contributed by atoms with E-state index in [9.17, 15) is 9.59 Å². The van der Waals surface area contributed by atoms with E-state index in [1.165, 1.54) is 16.7 Å². The third-order valence-electron chi connectivity index (χ3n) is 6.06. The van der Waals surface area contributed by atoms with Gasteiger partial charge in [-0.3, -0.25) is 9.59 Å². The molecule has 2 aromatic carbocycles. The number of rotatable bonds is 8. The molecule has 0 fully saturated rings. The van der Waals surface area contributed by atoms with Crippen LogP contribution in [0, 0.1) is 20.8 Å². The second kappa shape index (κ2) is 18.0. The van der Waals surface area contributed by atoms with E-state index < -0.39 is 0 Å². The average molecular weight is 523 g/mol. The third kappa shape index (κ3) is 11.0. The van der Waals surface area contributed by atoms with Crippen LogP contribution < -0.4 is 10.1 Å². The number of nitrogens with zero attached hydrogens (tertiary/aromatic N) is 1. The Morgan fingerprint density at radius 2 is 1.47 bits per heavy atom. The Morgan fingerprint density at radius 3 is 1.95 bits per heavy atom. The predicted molar refractivity (Wildman–Crippen MR) is 163 cm³/mol. The highest BCUT2D eigenvalue weighted by atomic mass is 16.5. The number of allylic oxidation sites excluding steroid dienone is 3. The lowest BCUT2D eigenvalue weighted by molar-refractivity contribution is -0.112. The minimum absolute atomic E-state index is 0.113. The van der Waals surface area contributed by atoms with Crippen LogP contribution in [0.25, 0.3) is 0 Å². The summed E-state index contributed by atoms with van der Waals surface area (Å²) in [4.78, 5) is 26.1. The Hall–Kier alpha value is -3.34. The highest BCUT2D eigenvalue weighted by Crippen LogP contribution is 2.30. The van der Waals surface area contributed by atoms with E-state index >= 15 is 0 Å². The van der Waals surface area contributed by atoms with Gasteiger partial charge in [-0.05, 0) is 102 Å². The Morgan fingerprint density at radius 1 is 0.868 bits per heavy atom. The second-order valence-corrected chi connectivity index (χ2v) is 9.17. The molecule has 0 heterocycles. The van der Waals surface area contributed by atoms with Crippen molar-refractivity contribution in [1.29, 1.82) is 0 Å². The maximum Gasteiger partial charge on any atom is 0.253 e. The number of hydrogen-bond donors (Lipinski definition) is 1. The van der Waals surface area contributed by atoms with Crippen LogP contribution in [-0.2, 0) is 11.2 Å². The molecule has 0 saturated carbocycles. The molecule has 0 atom stereocenters. The van der Waals surface area contributed by atoms with Crippen molar-refractivity contribution in [2.24, 2.45) is 0 Å². The smallest absolute Gasteiger partial charge is 0.253 e. The highest BCUT2D eigenvalue weighted by molar-refractivity contribution is 6.04. The number of carbonyl (C=O) groups is 2. The molecule has 0 aliphatic rings. The van der Waals surface area contributed by atoms with E-state index in [-0.39, 0.29) is 11.8 Å². The van der Waals surface area contributed by atoms with Crippen molar-refractivity contribution in [2.75, 3.05) is 25.5 Å². The molecule has 0 aliphatic heterocycles. The van der Waals surface area contributed by atoms with Crippen LogP contribution in [0.4, 0.5) is 5.69 Å². The van der Waals surface area contributed by atoms with Crippen LogP contribution in [0.3, 0.4) is 0 Å². The number of methoxy groups -OCH3 is 1. The molecule has 5 heteroatoms. The van der Waals surface area contributed by atoms with E-state index in [1.807, 2.05) is 96.7 Å². The maximum absolute atomic E-state index is 12.2. The minimum atomic E-state index is -0.113. The molecule has 0 aliphatic carbocycles. The zero-order valence-electron chi connectivity index (χ0n) is 25.8. The summed E-state index contributed by atoms with van der Waals surface area (Å²) in [6, 6.07) is 9.93. The van der Waals surface area contributed by atoms with Gasteiger partial charge in [0.1, 0.15) is 5.75 Å². The lowest BCUT2D eigenvalue weighted by Gasteiger charge is -2.19. The standard InChI is InChI=1S/C18H25NO2.C13H19NO.C2H6/c1-7-15-10-14(5)17(16(11-15)21-6)19-18(20)13(4)9-8-12(2)3;1-5-14(6-2)13(15)12-8-7-10(3)11(4)9-12;1-2/h8-11H,7H2,1-6H3,(H,19,20);7-9H,5-6H2,1-4H3;1-2H3/b13-9+;;. The largest absolute Gasteiger partial charge is 0.495 e. The topological polar surface area (TPSA) is 58.6 Å². The van der Waals surface area contributed by atoms with E-state index in [4.69, 9.17) is 4.74 Å². The fraction of sp³-hybridized carbons (Fsp3) is 0.455. The molecule has 0 spiro atoms. The normalized spacial score (nSPS) is 10.3. The molecule has 0 bridgehead atoms. The molecular weight excluding hydrogens is 472 g/mol. The lowest BCUT2D eigenvalue weighted by Crippen LogP contribution is -2.30. The number of ether oxygens (including phenoxy) is 1. The molecule has 2 aromatic rings. The van der Waals surface area contributed by atoms with Crippen LogP contribution in [0.1, 0.15) is 88.0 Å². The van der Waals surface area contributed by atoms with Crippen molar-refractivity contribution in [1.82, 2.24) is 4.90 Å². The molecule has 0 aromatic heterocycles. The van der Waals surface area contributed by atoms with Gasteiger partial charge in [0, 0.05) is 24.2 Å². The van der Waals surface area contributed by atoms with Crippen LogP contribution in [0.2, 0.25) is 0 Å². The first kappa shape index (κ1) is 34.7. The zero-order chi connectivity index (χ0) is 29.4. The summed E-state index contributed by atoms with van der Waals surface area (Å²) >= 11 is 0. The number of carbonyl (C=O) groups excluding carboxylic acids is 2. The number of amides is 2. The number of nitrogens with one attached hydrogen (secondary N) is 1. The van der Waals surface area contributed by atoms with Gasteiger partial charge in [-0.2, -0.15) is 0 Å². The zero-order valence-corrected chi connectivity index (χ0v) is 25.8. The maximum atomic E-state index is 12.2. The van der Waals surface area contributed by atoms with Gasteiger partial charge in [0.2, 0.25) is 0 Å². The van der Waals surface area contributed by atoms with Gasteiger partial charge < -0.3 is 15.0 Å². The first-order valence-electron chi connectivity index (χ1n) is 13.7. The molecule has 1 N–H and O–H groups in total. The van der Waals surface area contributed by atoms with Crippen molar-refractivity contribution in [3.8, 4) is 5.75 Å². The Bertz CT molecular complexity index is 1110. The summed E-state index contributed by atoms with van der Waals surface area (Å²) in [7, 11) is 1.62. The van der Waals surface area contributed by atoms with Crippen LogP contribution >= 0.6 is 0 Å². The van der Waals surface area contributed by atoms with Gasteiger partial charge in [-0.25, -0.2) is 0 Å². The van der Waals surface area contributed by atoms with Gasteiger partial charge in [0.15, 0.2) is 0 Å². The van der Waals surface area contributed by atoms with Gasteiger partial charge in [0.25, 0.3) is 11.8 Å². The number of benzene rings is 2. The molecule has 0 radical (unpaired) electrons. The summed E-state index contributed by atoms with van der Waals surface area (Å²) in [5.41, 5.74) is 7.96. The predicted octanol–water partition coefficient (Wildman–Crippen LogP) is 8.23. The molecule has 0 unspecified atom stereocenters. The van der Waals surface area contributed by atoms with Gasteiger partial charge in [-0.1, -0.05) is 50.6 Å². The SMILES string of the molecule is CC.CCN(CC)C(=O)c1ccc(C)c(C)c1.CCc1cc(C)c(NC(=O)/C(C)=C/C=C(C)C)c(OC)c1. The molecule has 210 valence electrons. The highest BCUT2D eigenvalue weighted by Gasteiger charge is 2.13. The van der Waals surface area contributed by atoms with E-state index in [2.05, 4.69) is 25.2 Å². The molecule has 5 nitrogen and oxygen atoms in total. The fourth-order valence-electron chi connectivity index (χ4n) is 3.50. The summed E-state index contributed by atoms with van der Waals surface area (Å²) < 4.78 is 5.40. The first-order chi connectivity index (χ1) is 18.0. The second-order valence-electron chi connectivity index (χ2n) is 9.17. The van der Waals surface area contributed by atoms with E-state index in [0.29, 0.717) is 11.3 Å². The van der Waals surface area contributed by atoms with Crippen molar-refractivity contribution in [3.05, 3.63) is 81.4 Å².